The molecule has 0 bridgehead atoms. The standard InChI is InChI=1S/C18H14N6O3/c1-27-12-4-2-11(3-5-12)24-17-14(22-18(24)26)13(15(19)25)21-16(23-17)10-6-8-20-9-7-10/h2-9H,1H3,(H2,19,25)(H,22,26). The molecule has 1 aromatic carbocycles. The third-order valence-electron chi connectivity index (χ3n) is 4.04. The molecule has 27 heavy (non-hydrogen) atoms. The van der Waals surface area contributed by atoms with Crippen LogP contribution in [0.4, 0.5) is 0 Å². The molecule has 4 rings (SSSR count). The SMILES string of the molecule is COc1ccc(-n2c(=O)[nH]c3c(C(N)=O)nc(-c4ccncc4)nc32)cc1. The van der Waals surface area contributed by atoms with Gasteiger partial charge in [0.25, 0.3) is 5.91 Å². The van der Waals surface area contributed by atoms with E-state index in [1.165, 1.54) is 4.57 Å². The van der Waals surface area contributed by atoms with Crippen molar-refractivity contribution in [3.05, 3.63) is 65.0 Å². The summed E-state index contributed by atoms with van der Waals surface area (Å²) in [5, 5.41) is 0. The van der Waals surface area contributed by atoms with Crippen LogP contribution in [0.5, 0.6) is 5.75 Å². The molecule has 0 aliphatic heterocycles. The summed E-state index contributed by atoms with van der Waals surface area (Å²) in [5.74, 6) is 0.150. The summed E-state index contributed by atoms with van der Waals surface area (Å²) in [4.78, 5) is 39.8. The zero-order valence-corrected chi connectivity index (χ0v) is 14.2. The molecule has 0 atom stereocenters. The summed E-state index contributed by atoms with van der Waals surface area (Å²) in [6.07, 6.45) is 3.17. The smallest absolute Gasteiger partial charge is 0.332 e. The van der Waals surface area contributed by atoms with Crippen LogP contribution in [0.1, 0.15) is 10.5 Å². The topological polar surface area (TPSA) is 129 Å². The Morgan fingerprint density at radius 3 is 2.44 bits per heavy atom. The summed E-state index contributed by atoms with van der Waals surface area (Å²) < 4.78 is 6.50. The summed E-state index contributed by atoms with van der Waals surface area (Å²) in [7, 11) is 1.56. The van der Waals surface area contributed by atoms with Gasteiger partial charge in [-0.2, -0.15) is 0 Å². The van der Waals surface area contributed by atoms with Crippen LogP contribution in [0.15, 0.2) is 53.6 Å². The Bertz CT molecular complexity index is 1200. The minimum Gasteiger partial charge on any atom is -0.497 e. The molecule has 0 aliphatic rings. The Hall–Kier alpha value is -4.01. The number of nitrogens with zero attached hydrogens (tertiary/aromatic N) is 4. The van der Waals surface area contributed by atoms with E-state index in [0.29, 0.717) is 17.0 Å². The van der Waals surface area contributed by atoms with Crippen molar-refractivity contribution in [2.75, 3.05) is 7.11 Å². The van der Waals surface area contributed by atoms with Crippen LogP contribution in [-0.2, 0) is 0 Å². The number of ether oxygens (including phenoxy) is 1. The molecule has 0 saturated carbocycles. The minimum absolute atomic E-state index is 0.0591. The first-order chi connectivity index (χ1) is 13.1. The molecule has 1 amide bonds. The molecule has 134 valence electrons. The largest absolute Gasteiger partial charge is 0.497 e. The molecule has 0 unspecified atom stereocenters. The molecular weight excluding hydrogens is 348 g/mol. The van der Waals surface area contributed by atoms with E-state index in [2.05, 4.69) is 19.9 Å². The van der Waals surface area contributed by atoms with E-state index in [1.807, 2.05) is 0 Å². The fraction of sp³-hybridized carbons (Fsp3) is 0.0556. The Morgan fingerprint density at radius 2 is 1.81 bits per heavy atom. The molecular formula is C18H14N6O3. The van der Waals surface area contributed by atoms with Crippen LogP contribution in [0.25, 0.3) is 28.2 Å². The second kappa shape index (κ2) is 6.37. The number of pyridine rings is 1. The van der Waals surface area contributed by atoms with Gasteiger partial charge in [-0.1, -0.05) is 0 Å². The first kappa shape index (κ1) is 16.5. The van der Waals surface area contributed by atoms with Crippen molar-refractivity contribution < 1.29 is 9.53 Å². The number of H-pyrrole nitrogens is 1. The Morgan fingerprint density at radius 1 is 1.11 bits per heavy atom. The molecule has 9 heteroatoms. The monoisotopic (exact) mass is 362 g/mol. The fourth-order valence-electron chi connectivity index (χ4n) is 2.76. The summed E-state index contributed by atoms with van der Waals surface area (Å²) in [5.41, 5.74) is 6.59. The predicted molar refractivity (Wildman–Crippen MR) is 97.8 cm³/mol. The van der Waals surface area contributed by atoms with E-state index < -0.39 is 11.6 Å². The number of nitrogens with two attached hydrogens (primary N) is 1. The maximum absolute atomic E-state index is 12.6. The Labute approximate surface area is 152 Å². The van der Waals surface area contributed by atoms with Crippen molar-refractivity contribution in [1.82, 2.24) is 24.5 Å². The zero-order chi connectivity index (χ0) is 19.0. The third-order valence-corrected chi connectivity index (χ3v) is 4.04. The number of hydrogen-bond acceptors (Lipinski definition) is 6. The molecule has 9 nitrogen and oxygen atoms in total. The van der Waals surface area contributed by atoms with Gasteiger partial charge in [0.2, 0.25) is 0 Å². The first-order valence-corrected chi connectivity index (χ1v) is 7.96. The van der Waals surface area contributed by atoms with Gasteiger partial charge in [-0.25, -0.2) is 19.3 Å². The van der Waals surface area contributed by atoms with Crippen LogP contribution >= 0.6 is 0 Å². The van der Waals surface area contributed by atoms with Crippen LogP contribution in [0, 0.1) is 0 Å². The number of aromatic amines is 1. The quantitative estimate of drug-likeness (QED) is 0.563. The van der Waals surface area contributed by atoms with Crippen LogP contribution in [0.2, 0.25) is 0 Å². The number of benzene rings is 1. The third kappa shape index (κ3) is 2.80. The molecule has 3 N–H and O–H groups in total. The van der Waals surface area contributed by atoms with Crippen molar-refractivity contribution >= 4 is 17.1 Å². The molecule has 4 aromatic rings. The molecule has 0 spiro atoms. The highest BCUT2D eigenvalue weighted by Crippen LogP contribution is 2.22. The van der Waals surface area contributed by atoms with E-state index in [1.54, 1.807) is 55.9 Å². The number of imidazole rings is 1. The number of hydrogen-bond donors (Lipinski definition) is 2. The van der Waals surface area contributed by atoms with Gasteiger partial charge in [-0.15, -0.1) is 0 Å². The average Bonchev–Trinajstić information content (AvgIpc) is 3.03. The number of methoxy groups -OCH3 is 1. The van der Waals surface area contributed by atoms with Gasteiger partial charge < -0.3 is 15.5 Å². The van der Waals surface area contributed by atoms with Crippen molar-refractivity contribution in [2.45, 2.75) is 0 Å². The number of nitrogens with one attached hydrogen (secondary N) is 1. The average molecular weight is 362 g/mol. The van der Waals surface area contributed by atoms with Gasteiger partial charge >= 0.3 is 5.69 Å². The second-order valence-electron chi connectivity index (χ2n) is 5.66. The summed E-state index contributed by atoms with van der Waals surface area (Å²) in [6.45, 7) is 0. The number of primary amides is 1. The van der Waals surface area contributed by atoms with E-state index >= 15 is 0 Å². The van der Waals surface area contributed by atoms with E-state index in [-0.39, 0.29) is 22.7 Å². The number of fused-ring (bicyclic) bond motifs is 1. The second-order valence-corrected chi connectivity index (χ2v) is 5.66. The van der Waals surface area contributed by atoms with E-state index in [9.17, 15) is 9.59 Å². The van der Waals surface area contributed by atoms with Gasteiger partial charge in [-0.3, -0.25) is 9.78 Å². The van der Waals surface area contributed by atoms with Crippen LogP contribution < -0.4 is 16.2 Å². The summed E-state index contributed by atoms with van der Waals surface area (Å²) in [6, 6.07) is 10.3. The lowest BCUT2D eigenvalue weighted by molar-refractivity contribution is 0.0997. The van der Waals surface area contributed by atoms with Gasteiger partial charge in [0.05, 0.1) is 12.8 Å². The number of carbonyl (C=O) groups excluding carboxylic acids is 1. The van der Waals surface area contributed by atoms with Crippen molar-refractivity contribution in [1.29, 1.82) is 0 Å². The lowest BCUT2D eigenvalue weighted by Gasteiger charge is -2.07. The molecule has 0 aliphatic carbocycles. The Kier molecular flexibility index (Phi) is 3.88. The molecule has 0 fully saturated rings. The molecule has 0 radical (unpaired) electrons. The lowest BCUT2D eigenvalue weighted by Crippen LogP contribution is -2.15. The maximum Gasteiger partial charge on any atom is 0.332 e. The zero-order valence-electron chi connectivity index (χ0n) is 14.2. The molecule has 0 saturated heterocycles. The number of aromatic nitrogens is 5. The van der Waals surface area contributed by atoms with Crippen molar-refractivity contribution in [2.24, 2.45) is 5.73 Å². The highest BCUT2D eigenvalue weighted by molar-refractivity contribution is 6.02. The lowest BCUT2D eigenvalue weighted by atomic mass is 10.2. The highest BCUT2D eigenvalue weighted by atomic mass is 16.5. The van der Waals surface area contributed by atoms with E-state index in [4.69, 9.17) is 10.5 Å². The maximum atomic E-state index is 12.6. The number of carbonyl (C=O) groups is 1. The highest BCUT2D eigenvalue weighted by Gasteiger charge is 2.20. The van der Waals surface area contributed by atoms with E-state index in [0.717, 1.165) is 0 Å². The van der Waals surface area contributed by atoms with Crippen molar-refractivity contribution in [3.63, 3.8) is 0 Å². The fourth-order valence-corrected chi connectivity index (χ4v) is 2.76. The van der Waals surface area contributed by atoms with Gasteiger partial charge in [0.15, 0.2) is 17.2 Å². The van der Waals surface area contributed by atoms with Crippen molar-refractivity contribution in [3.8, 4) is 22.8 Å². The predicted octanol–water partition coefficient (Wildman–Crippen LogP) is 1.28. The number of amides is 1. The molecule has 3 aromatic heterocycles. The van der Waals surface area contributed by atoms with Crippen LogP contribution in [0.3, 0.4) is 0 Å². The van der Waals surface area contributed by atoms with Gasteiger partial charge in [0.1, 0.15) is 11.3 Å². The van der Waals surface area contributed by atoms with Gasteiger partial charge in [0, 0.05) is 18.0 Å². The summed E-state index contributed by atoms with van der Waals surface area (Å²) >= 11 is 0. The minimum atomic E-state index is -0.763. The normalized spacial score (nSPS) is 10.9. The van der Waals surface area contributed by atoms with Gasteiger partial charge in [-0.05, 0) is 36.4 Å². The number of rotatable bonds is 4. The first-order valence-electron chi connectivity index (χ1n) is 7.96. The van der Waals surface area contributed by atoms with Crippen LogP contribution in [-0.4, -0.2) is 37.5 Å². The molecule has 3 heterocycles. The Balaban J connectivity index is 2.02.